The summed E-state index contributed by atoms with van der Waals surface area (Å²) in [5.74, 6) is -1.05. The first-order valence-electron chi connectivity index (χ1n) is 5.36. The number of benzene rings is 1. The highest BCUT2D eigenvalue weighted by molar-refractivity contribution is 7.89. The molecule has 1 rings (SSSR count). The minimum absolute atomic E-state index is 0.0999. The van der Waals surface area contributed by atoms with Crippen LogP contribution in [0.2, 0.25) is 0 Å². The van der Waals surface area contributed by atoms with Crippen LogP contribution in [0.25, 0.3) is 6.08 Å². The van der Waals surface area contributed by atoms with Gasteiger partial charge in [-0.25, -0.2) is 13.2 Å². The summed E-state index contributed by atoms with van der Waals surface area (Å²) in [6.45, 7) is -0.374. The number of aliphatic carboxylic acids is 1. The molecule has 0 bridgehead atoms. The van der Waals surface area contributed by atoms with Gasteiger partial charge < -0.3 is 9.84 Å². The molecule has 20 heavy (non-hydrogen) atoms. The lowest BCUT2D eigenvalue weighted by Gasteiger charge is -2.10. The van der Waals surface area contributed by atoms with Crippen LogP contribution in [0.15, 0.2) is 29.2 Å². The van der Waals surface area contributed by atoms with E-state index in [9.17, 15) is 13.2 Å². The molecule has 106 valence electrons. The van der Waals surface area contributed by atoms with Gasteiger partial charge in [0.2, 0.25) is 10.0 Å². The largest absolute Gasteiger partial charge is 0.495 e. The second-order valence-electron chi connectivity index (χ2n) is 3.56. The molecule has 0 aromatic heterocycles. The fraction of sp³-hybridized carbons (Fsp3) is 0.167. The Hall–Kier alpha value is -2.37. The molecule has 0 aliphatic heterocycles. The molecule has 0 atom stereocenters. The number of carboxylic acid groups (broad SMARTS) is 1. The third-order valence-corrected chi connectivity index (χ3v) is 3.66. The molecule has 0 aliphatic carbocycles. The summed E-state index contributed by atoms with van der Waals surface area (Å²) < 4.78 is 31.0. The quantitative estimate of drug-likeness (QED) is 0.586. The summed E-state index contributed by atoms with van der Waals surface area (Å²) in [7, 11) is -2.59. The maximum Gasteiger partial charge on any atom is 0.328 e. The van der Waals surface area contributed by atoms with E-state index in [1.54, 1.807) is 6.07 Å². The van der Waals surface area contributed by atoms with Crippen LogP contribution in [0.5, 0.6) is 5.75 Å². The van der Waals surface area contributed by atoms with Gasteiger partial charge in [-0.2, -0.15) is 9.98 Å². The van der Waals surface area contributed by atoms with Crippen molar-refractivity contribution >= 4 is 22.1 Å². The van der Waals surface area contributed by atoms with Gasteiger partial charge in [0.1, 0.15) is 10.6 Å². The number of nitrogens with one attached hydrogen (secondary N) is 1. The molecule has 0 radical (unpaired) electrons. The topological polar surface area (TPSA) is 116 Å². The predicted octanol–water partition coefficient (Wildman–Crippen LogP) is 0.595. The number of hydrogen-bond acceptors (Lipinski definition) is 5. The first kappa shape index (κ1) is 15.7. The molecule has 2 N–H and O–H groups in total. The van der Waals surface area contributed by atoms with Crippen molar-refractivity contribution in [3.8, 4) is 11.8 Å². The van der Waals surface area contributed by atoms with Gasteiger partial charge >= 0.3 is 5.97 Å². The number of nitrogens with zero attached hydrogens (tertiary/aromatic N) is 1. The lowest BCUT2D eigenvalue weighted by molar-refractivity contribution is -0.131. The van der Waals surface area contributed by atoms with E-state index in [4.69, 9.17) is 15.1 Å². The van der Waals surface area contributed by atoms with Gasteiger partial charge in [0, 0.05) is 6.08 Å². The van der Waals surface area contributed by atoms with Gasteiger partial charge in [0.15, 0.2) is 0 Å². The molecule has 0 amide bonds. The van der Waals surface area contributed by atoms with E-state index in [1.807, 2.05) is 0 Å². The Morgan fingerprint density at radius 2 is 2.25 bits per heavy atom. The molecule has 0 heterocycles. The molecule has 0 saturated heterocycles. The van der Waals surface area contributed by atoms with E-state index in [-0.39, 0.29) is 17.2 Å². The van der Waals surface area contributed by atoms with Gasteiger partial charge in [-0.05, 0) is 23.8 Å². The minimum Gasteiger partial charge on any atom is -0.495 e. The number of ether oxygens (including phenoxy) is 1. The van der Waals surface area contributed by atoms with Crippen LogP contribution >= 0.6 is 0 Å². The molecule has 1 aromatic rings. The molecule has 1 aromatic carbocycles. The summed E-state index contributed by atoms with van der Waals surface area (Å²) in [5.41, 5.74) is 0.380. The summed E-state index contributed by atoms with van der Waals surface area (Å²) in [4.78, 5) is 10.3. The van der Waals surface area contributed by atoms with Gasteiger partial charge in [-0.15, -0.1) is 0 Å². The third kappa shape index (κ3) is 4.08. The molecule has 0 saturated carbocycles. The second kappa shape index (κ2) is 6.70. The Balaban J connectivity index is 3.26. The zero-order valence-electron chi connectivity index (χ0n) is 10.5. The SMILES string of the molecule is COc1ccc(/C=C/C(=O)O)cc1S(=O)(=O)NCC#N. The lowest BCUT2D eigenvalue weighted by atomic mass is 10.2. The van der Waals surface area contributed by atoms with Gasteiger partial charge in [0.05, 0.1) is 19.7 Å². The number of rotatable bonds is 6. The van der Waals surface area contributed by atoms with Crippen LogP contribution in [0, 0.1) is 11.3 Å². The average Bonchev–Trinajstić information content (AvgIpc) is 2.42. The highest BCUT2D eigenvalue weighted by atomic mass is 32.2. The number of sulfonamides is 1. The summed E-state index contributed by atoms with van der Waals surface area (Å²) in [6.07, 6.45) is 2.14. The van der Waals surface area contributed by atoms with Gasteiger partial charge in [0.25, 0.3) is 0 Å². The van der Waals surface area contributed by atoms with Crippen LogP contribution in [0.3, 0.4) is 0 Å². The zero-order chi connectivity index (χ0) is 15.2. The zero-order valence-corrected chi connectivity index (χ0v) is 11.3. The smallest absolute Gasteiger partial charge is 0.328 e. The van der Waals surface area contributed by atoms with E-state index in [2.05, 4.69) is 4.72 Å². The normalized spacial score (nSPS) is 11.2. The van der Waals surface area contributed by atoms with E-state index >= 15 is 0 Å². The van der Waals surface area contributed by atoms with Crippen molar-refractivity contribution in [2.24, 2.45) is 0 Å². The lowest BCUT2D eigenvalue weighted by Crippen LogP contribution is -2.24. The fourth-order valence-electron chi connectivity index (χ4n) is 1.38. The highest BCUT2D eigenvalue weighted by Crippen LogP contribution is 2.25. The van der Waals surface area contributed by atoms with Crippen molar-refractivity contribution in [1.29, 1.82) is 5.26 Å². The van der Waals surface area contributed by atoms with Crippen molar-refractivity contribution in [3.63, 3.8) is 0 Å². The number of carboxylic acids is 1. The van der Waals surface area contributed by atoms with Crippen LogP contribution in [-0.2, 0) is 14.8 Å². The van der Waals surface area contributed by atoms with Crippen LogP contribution in [0.1, 0.15) is 5.56 Å². The molecule has 8 heteroatoms. The van der Waals surface area contributed by atoms with Crippen molar-refractivity contribution < 1.29 is 23.1 Å². The molecular formula is C12H12N2O5S. The summed E-state index contributed by atoms with van der Waals surface area (Å²) in [5, 5.41) is 17.0. The van der Waals surface area contributed by atoms with E-state index in [0.717, 1.165) is 6.08 Å². The maximum atomic E-state index is 12.0. The monoisotopic (exact) mass is 296 g/mol. The van der Waals surface area contributed by atoms with Gasteiger partial charge in [-0.3, -0.25) is 0 Å². The molecule has 0 aliphatic rings. The summed E-state index contributed by atoms with van der Waals surface area (Å²) >= 11 is 0. The minimum atomic E-state index is -3.91. The van der Waals surface area contributed by atoms with Gasteiger partial charge in [-0.1, -0.05) is 6.07 Å². The molecular weight excluding hydrogens is 284 g/mol. The fourth-order valence-corrected chi connectivity index (χ4v) is 2.50. The number of hydrogen-bond donors (Lipinski definition) is 2. The van der Waals surface area contributed by atoms with Crippen LogP contribution < -0.4 is 9.46 Å². The maximum absolute atomic E-state index is 12.0. The van der Waals surface area contributed by atoms with Crippen LogP contribution in [0.4, 0.5) is 0 Å². The first-order valence-corrected chi connectivity index (χ1v) is 6.84. The number of carbonyl (C=O) groups is 1. The summed E-state index contributed by atoms with van der Waals surface area (Å²) in [6, 6.07) is 5.85. The molecule has 0 fully saturated rings. The van der Waals surface area contributed by atoms with Crippen molar-refractivity contribution in [2.75, 3.05) is 13.7 Å². The molecule has 0 spiro atoms. The van der Waals surface area contributed by atoms with Crippen LogP contribution in [-0.4, -0.2) is 33.1 Å². The van der Waals surface area contributed by atoms with E-state index < -0.39 is 16.0 Å². The third-order valence-electron chi connectivity index (χ3n) is 2.24. The van der Waals surface area contributed by atoms with Crippen molar-refractivity contribution in [2.45, 2.75) is 4.90 Å². The predicted molar refractivity (Wildman–Crippen MR) is 70.5 cm³/mol. The molecule has 7 nitrogen and oxygen atoms in total. The molecule has 0 unspecified atom stereocenters. The standard InChI is InChI=1S/C12H12N2O5S/c1-19-10-4-2-9(3-5-12(15)16)8-11(10)20(17,18)14-7-6-13/h2-5,8,14H,7H2,1H3,(H,15,16)/b5-3+. The van der Waals surface area contributed by atoms with Crippen molar-refractivity contribution in [3.05, 3.63) is 29.8 Å². The number of methoxy groups -OCH3 is 1. The Labute approximate surface area is 116 Å². The Kier molecular flexibility index (Phi) is 5.25. The van der Waals surface area contributed by atoms with E-state index in [0.29, 0.717) is 5.56 Å². The first-order chi connectivity index (χ1) is 9.40. The van der Waals surface area contributed by atoms with E-state index in [1.165, 1.54) is 31.4 Å². The Morgan fingerprint density at radius 3 is 2.80 bits per heavy atom. The second-order valence-corrected chi connectivity index (χ2v) is 5.30. The highest BCUT2D eigenvalue weighted by Gasteiger charge is 2.19. The number of nitriles is 1. The Bertz CT molecular complexity index is 674. The van der Waals surface area contributed by atoms with Crippen molar-refractivity contribution in [1.82, 2.24) is 4.72 Å². The average molecular weight is 296 g/mol. The Morgan fingerprint density at radius 1 is 1.55 bits per heavy atom.